The molecule has 1 aromatic rings. The molecule has 0 aromatic heterocycles. The van der Waals surface area contributed by atoms with E-state index in [4.69, 9.17) is 5.11 Å². The van der Waals surface area contributed by atoms with Crippen LogP contribution in [-0.4, -0.2) is 40.5 Å². The Balaban J connectivity index is 1.95. The Labute approximate surface area is 114 Å². The van der Waals surface area contributed by atoms with Crippen LogP contribution in [0.5, 0.6) is 0 Å². The number of hydrogen-bond acceptors (Lipinski definition) is 3. The Hall–Kier alpha value is -2.44. The monoisotopic (exact) mass is 280 g/mol. The summed E-state index contributed by atoms with van der Waals surface area (Å²) in [7, 11) is 0. The third kappa shape index (κ3) is 3.11. The standard InChI is InChI=1S/C13H13FN2O4/c14-9-3-1-8(2-4-9)5-6-16-12(19)10(7-11(17)18)15-13(16)20/h1-4,10H,5-7H2,(H,15,20)(H,17,18). The van der Waals surface area contributed by atoms with Crippen molar-refractivity contribution < 1.29 is 23.9 Å². The lowest BCUT2D eigenvalue weighted by Crippen LogP contribution is -2.34. The highest BCUT2D eigenvalue weighted by Crippen LogP contribution is 2.11. The van der Waals surface area contributed by atoms with Crippen molar-refractivity contribution in [2.45, 2.75) is 18.9 Å². The van der Waals surface area contributed by atoms with E-state index in [1.54, 1.807) is 12.1 Å². The van der Waals surface area contributed by atoms with E-state index in [1.807, 2.05) is 0 Å². The van der Waals surface area contributed by atoms with Crippen LogP contribution in [0.2, 0.25) is 0 Å². The highest BCUT2D eigenvalue weighted by molar-refractivity contribution is 6.05. The smallest absolute Gasteiger partial charge is 0.324 e. The van der Waals surface area contributed by atoms with E-state index in [-0.39, 0.29) is 12.4 Å². The molecule has 6 nitrogen and oxygen atoms in total. The zero-order valence-corrected chi connectivity index (χ0v) is 10.5. The fraction of sp³-hybridized carbons (Fsp3) is 0.308. The average Bonchev–Trinajstić information content (AvgIpc) is 2.64. The van der Waals surface area contributed by atoms with Crippen molar-refractivity contribution in [3.8, 4) is 0 Å². The maximum atomic E-state index is 12.7. The average molecular weight is 280 g/mol. The van der Waals surface area contributed by atoms with Crippen LogP contribution in [0.25, 0.3) is 0 Å². The summed E-state index contributed by atoms with van der Waals surface area (Å²) in [6.07, 6.45) is -0.0448. The first kappa shape index (κ1) is 14.0. The lowest BCUT2D eigenvalue weighted by Gasteiger charge is -2.12. The summed E-state index contributed by atoms with van der Waals surface area (Å²) in [6, 6.07) is 4.14. The van der Waals surface area contributed by atoms with Gasteiger partial charge >= 0.3 is 12.0 Å². The molecule has 3 amide bonds. The van der Waals surface area contributed by atoms with Gasteiger partial charge in [-0.2, -0.15) is 0 Å². The Morgan fingerprint density at radius 1 is 1.30 bits per heavy atom. The van der Waals surface area contributed by atoms with Gasteiger partial charge in [-0.05, 0) is 24.1 Å². The van der Waals surface area contributed by atoms with Crippen molar-refractivity contribution in [3.05, 3.63) is 35.6 Å². The van der Waals surface area contributed by atoms with Crippen LogP contribution in [-0.2, 0) is 16.0 Å². The number of aliphatic carboxylic acids is 1. The van der Waals surface area contributed by atoms with Gasteiger partial charge in [-0.1, -0.05) is 12.1 Å². The molecule has 0 bridgehead atoms. The summed E-state index contributed by atoms with van der Waals surface area (Å²) >= 11 is 0. The molecule has 0 spiro atoms. The number of nitrogens with zero attached hydrogens (tertiary/aromatic N) is 1. The number of carboxylic acid groups (broad SMARTS) is 1. The van der Waals surface area contributed by atoms with Crippen LogP contribution in [0.1, 0.15) is 12.0 Å². The second-order valence-corrected chi connectivity index (χ2v) is 4.47. The highest BCUT2D eigenvalue weighted by atomic mass is 19.1. The van der Waals surface area contributed by atoms with E-state index in [9.17, 15) is 18.8 Å². The molecule has 106 valence electrons. The first-order chi connectivity index (χ1) is 9.47. The molecule has 2 rings (SSSR count). The van der Waals surface area contributed by atoms with Crippen molar-refractivity contribution in [2.75, 3.05) is 6.54 Å². The molecular formula is C13H13FN2O4. The predicted molar refractivity (Wildman–Crippen MR) is 66.4 cm³/mol. The Kier molecular flexibility index (Phi) is 3.97. The number of halogens is 1. The molecule has 1 atom stereocenters. The van der Waals surface area contributed by atoms with E-state index in [1.165, 1.54) is 12.1 Å². The molecule has 1 saturated heterocycles. The fourth-order valence-corrected chi connectivity index (χ4v) is 1.99. The van der Waals surface area contributed by atoms with Crippen molar-refractivity contribution in [1.29, 1.82) is 0 Å². The Morgan fingerprint density at radius 2 is 1.95 bits per heavy atom. The molecule has 1 aliphatic heterocycles. The normalized spacial score (nSPS) is 18.2. The Bertz CT molecular complexity index is 544. The van der Waals surface area contributed by atoms with E-state index >= 15 is 0 Å². The van der Waals surface area contributed by atoms with Crippen molar-refractivity contribution >= 4 is 17.9 Å². The largest absolute Gasteiger partial charge is 0.481 e. The first-order valence-electron chi connectivity index (χ1n) is 6.05. The second-order valence-electron chi connectivity index (χ2n) is 4.47. The first-order valence-corrected chi connectivity index (χ1v) is 6.05. The fourth-order valence-electron chi connectivity index (χ4n) is 1.99. The van der Waals surface area contributed by atoms with Gasteiger partial charge in [0, 0.05) is 6.54 Å². The number of amides is 3. The van der Waals surface area contributed by atoms with Gasteiger partial charge in [-0.15, -0.1) is 0 Å². The van der Waals surface area contributed by atoms with Gasteiger partial charge in [-0.3, -0.25) is 14.5 Å². The number of carbonyl (C=O) groups excluding carboxylic acids is 2. The van der Waals surface area contributed by atoms with Gasteiger partial charge in [0.15, 0.2) is 0 Å². The number of benzene rings is 1. The molecule has 1 unspecified atom stereocenters. The van der Waals surface area contributed by atoms with Gasteiger partial charge in [-0.25, -0.2) is 9.18 Å². The molecule has 20 heavy (non-hydrogen) atoms. The summed E-state index contributed by atoms with van der Waals surface area (Å²) in [5, 5.41) is 11.0. The van der Waals surface area contributed by atoms with E-state index in [0.717, 1.165) is 10.5 Å². The zero-order valence-electron chi connectivity index (χ0n) is 10.5. The summed E-state index contributed by atoms with van der Waals surface area (Å²) in [6.45, 7) is 0.131. The second kappa shape index (κ2) is 5.68. The molecule has 1 heterocycles. The number of imide groups is 1. The summed E-state index contributed by atoms with van der Waals surface area (Å²) in [5.41, 5.74) is 0.786. The third-order valence-electron chi connectivity index (χ3n) is 3.02. The quantitative estimate of drug-likeness (QED) is 0.780. The number of nitrogens with one attached hydrogen (secondary N) is 1. The van der Waals surface area contributed by atoms with Gasteiger partial charge in [0.1, 0.15) is 11.9 Å². The van der Waals surface area contributed by atoms with Gasteiger partial charge in [0.25, 0.3) is 5.91 Å². The molecule has 2 N–H and O–H groups in total. The minimum absolute atomic E-state index is 0.131. The molecule has 1 aromatic carbocycles. The highest BCUT2D eigenvalue weighted by Gasteiger charge is 2.38. The Morgan fingerprint density at radius 3 is 2.55 bits per heavy atom. The topological polar surface area (TPSA) is 86.7 Å². The van der Waals surface area contributed by atoms with Crippen LogP contribution < -0.4 is 5.32 Å². The predicted octanol–water partition coefficient (Wildman–Crippen LogP) is 0.763. The number of rotatable bonds is 5. The maximum Gasteiger partial charge on any atom is 0.324 e. The third-order valence-corrected chi connectivity index (χ3v) is 3.02. The molecule has 0 radical (unpaired) electrons. The molecule has 0 saturated carbocycles. The van der Waals surface area contributed by atoms with Gasteiger partial charge in [0.2, 0.25) is 0 Å². The summed E-state index contributed by atoms with van der Waals surface area (Å²) in [5.74, 6) is -2.05. The maximum absolute atomic E-state index is 12.7. The molecule has 0 aliphatic carbocycles. The van der Waals surface area contributed by atoms with Crippen LogP contribution in [0.3, 0.4) is 0 Å². The summed E-state index contributed by atoms with van der Waals surface area (Å²) in [4.78, 5) is 35.0. The van der Waals surface area contributed by atoms with E-state index in [0.29, 0.717) is 6.42 Å². The number of carboxylic acids is 1. The van der Waals surface area contributed by atoms with Gasteiger partial charge < -0.3 is 10.4 Å². The van der Waals surface area contributed by atoms with E-state index in [2.05, 4.69) is 5.32 Å². The number of hydrogen-bond donors (Lipinski definition) is 2. The number of urea groups is 1. The minimum atomic E-state index is -1.15. The molecule has 1 fully saturated rings. The molecular weight excluding hydrogens is 267 g/mol. The van der Waals surface area contributed by atoms with Crippen LogP contribution in [0.15, 0.2) is 24.3 Å². The van der Waals surface area contributed by atoms with Gasteiger partial charge in [0.05, 0.1) is 6.42 Å². The van der Waals surface area contributed by atoms with Crippen molar-refractivity contribution in [1.82, 2.24) is 10.2 Å². The van der Waals surface area contributed by atoms with Crippen molar-refractivity contribution in [2.24, 2.45) is 0 Å². The lowest BCUT2D eigenvalue weighted by molar-refractivity contribution is -0.140. The summed E-state index contributed by atoms with van der Waals surface area (Å²) < 4.78 is 12.7. The lowest BCUT2D eigenvalue weighted by atomic mass is 10.1. The molecule has 1 aliphatic rings. The SMILES string of the molecule is O=C(O)CC1NC(=O)N(CCc2ccc(F)cc2)C1=O. The zero-order chi connectivity index (χ0) is 14.7. The van der Waals surface area contributed by atoms with Crippen LogP contribution in [0.4, 0.5) is 9.18 Å². The van der Waals surface area contributed by atoms with Crippen LogP contribution in [0, 0.1) is 5.82 Å². The molecule has 7 heteroatoms. The van der Waals surface area contributed by atoms with Crippen molar-refractivity contribution in [3.63, 3.8) is 0 Å². The number of carbonyl (C=O) groups is 3. The minimum Gasteiger partial charge on any atom is -0.481 e. The van der Waals surface area contributed by atoms with Crippen LogP contribution >= 0.6 is 0 Å². The van der Waals surface area contributed by atoms with E-state index < -0.39 is 30.4 Å².